The van der Waals surface area contributed by atoms with Gasteiger partial charge in [-0.15, -0.1) is 0 Å². The zero-order chi connectivity index (χ0) is 21.8. The van der Waals surface area contributed by atoms with Crippen LogP contribution in [0, 0.1) is 0 Å². The summed E-state index contributed by atoms with van der Waals surface area (Å²) in [5.74, 6) is 0. The number of benzene rings is 1. The molecule has 3 saturated heterocycles. The third-order valence-electron chi connectivity index (χ3n) is 6.33. The molecular formula is C22H41ClN8. The molecule has 9 heteroatoms. The van der Waals surface area contributed by atoms with E-state index in [0.29, 0.717) is 0 Å². The molecule has 4 rings (SSSR count). The normalized spacial score (nSPS) is 29.9. The van der Waals surface area contributed by atoms with E-state index < -0.39 is 0 Å². The first kappa shape index (κ1) is 24.8. The van der Waals surface area contributed by atoms with E-state index in [9.17, 15) is 0 Å². The Morgan fingerprint density at radius 1 is 0.677 bits per heavy atom. The SMILES string of the molecule is CNC12CNCCNCC(NCc3ccc(Cl)cc3)(CNCCNC1)CNCCNC2. The van der Waals surface area contributed by atoms with Gasteiger partial charge in [0.25, 0.3) is 0 Å². The molecule has 0 unspecified atom stereocenters. The standard InChI is InChI=1S/C22H41ClN8/c1-24-21-13-25-6-9-28-16-22(17-29-10-7-26-14-21,18-30-11-8-27-15-21)31-12-19-2-4-20(23)5-3-19/h2-5,24-31H,6-18H2,1H3. The molecule has 1 aromatic rings. The van der Waals surface area contributed by atoms with Crippen molar-refractivity contribution in [3.63, 3.8) is 0 Å². The van der Waals surface area contributed by atoms with E-state index in [4.69, 9.17) is 11.6 Å². The predicted molar refractivity (Wildman–Crippen MR) is 130 cm³/mol. The van der Waals surface area contributed by atoms with Crippen LogP contribution in [0.2, 0.25) is 5.02 Å². The van der Waals surface area contributed by atoms with Crippen molar-refractivity contribution in [2.24, 2.45) is 0 Å². The second kappa shape index (κ2) is 13.0. The number of fused-ring (bicyclic) bond motifs is 15. The summed E-state index contributed by atoms with van der Waals surface area (Å²) in [4.78, 5) is 0. The van der Waals surface area contributed by atoms with Crippen molar-refractivity contribution in [3.05, 3.63) is 34.9 Å². The van der Waals surface area contributed by atoms with Gasteiger partial charge in [-0.25, -0.2) is 0 Å². The Bertz CT molecular complexity index is 583. The summed E-state index contributed by atoms with van der Waals surface area (Å²) in [6.45, 7) is 11.9. The summed E-state index contributed by atoms with van der Waals surface area (Å²) in [7, 11) is 2.06. The van der Waals surface area contributed by atoms with Gasteiger partial charge in [-0.2, -0.15) is 0 Å². The second-order valence-corrected chi connectivity index (χ2v) is 9.29. The molecule has 31 heavy (non-hydrogen) atoms. The highest BCUT2D eigenvalue weighted by Crippen LogP contribution is 2.11. The monoisotopic (exact) mass is 452 g/mol. The maximum Gasteiger partial charge on any atom is 0.0561 e. The van der Waals surface area contributed by atoms with Crippen molar-refractivity contribution >= 4 is 11.6 Å². The van der Waals surface area contributed by atoms with Gasteiger partial charge < -0.3 is 42.5 Å². The largest absolute Gasteiger partial charge is 0.314 e. The van der Waals surface area contributed by atoms with Gasteiger partial charge in [0.05, 0.1) is 11.1 Å². The van der Waals surface area contributed by atoms with Gasteiger partial charge in [-0.1, -0.05) is 23.7 Å². The maximum atomic E-state index is 6.06. The van der Waals surface area contributed by atoms with Crippen LogP contribution >= 0.6 is 11.6 Å². The lowest BCUT2D eigenvalue weighted by molar-refractivity contribution is 0.260. The second-order valence-electron chi connectivity index (χ2n) is 8.85. The summed E-state index contributed by atoms with van der Waals surface area (Å²) < 4.78 is 0. The summed E-state index contributed by atoms with van der Waals surface area (Å²) >= 11 is 6.06. The lowest BCUT2D eigenvalue weighted by Crippen LogP contribution is -2.66. The Kier molecular flexibility index (Phi) is 10.4. The predicted octanol–water partition coefficient (Wildman–Crippen LogP) is -1.31. The summed E-state index contributed by atoms with van der Waals surface area (Å²) in [6, 6.07) is 8.11. The number of rotatable bonds is 4. The van der Waals surface area contributed by atoms with Crippen molar-refractivity contribution in [1.29, 1.82) is 0 Å². The highest BCUT2D eigenvalue weighted by Gasteiger charge is 2.30. The van der Waals surface area contributed by atoms with Crippen LogP contribution in [0.3, 0.4) is 0 Å². The van der Waals surface area contributed by atoms with E-state index in [0.717, 1.165) is 90.1 Å². The molecule has 0 atom stereocenters. The molecule has 0 radical (unpaired) electrons. The molecule has 0 amide bonds. The first-order valence-corrected chi connectivity index (χ1v) is 12.0. The number of hydrogen-bond donors (Lipinski definition) is 8. The fourth-order valence-corrected chi connectivity index (χ4v) is 4.34. The molecule has 3 heterocycles. The molecule has 3 fully saturated rings. The molecular weight excluding hydrogens is 412 g/mol. The van der Waals surface area contributed by atoms with Crippen molar-refractivity contribution in [1.82, 2.24) is 42.5 Å². The third kappa shape index (κ3) is 8.24. The van der Waals surface area contributed by atoms with Gasteiger partial charge in [-0.05, 0) is 24.7 Å². The molecule has 3 aliphatic heterocycles. The number of hydrogen-bond acceptors (Lipinski definition) is 8. The maximum absolute atomic E-state index is 6.06. The molecule has 1 aromatic carbocycles. The van der Waals surface area contributed by atoms with E-state index in [2.05, 4.69) is 61.7 Å². The molecule has 0 aromatic heterocycles. The average molecular weight is 453 g/mol. The Balaban J connectivity index is 1.71. The van der Waals surface area contributed by atoms with Crippen molar-refractivity contribution in [3.8, 4) is 0 Å². The highest BCUT2D eigenvalue weighted by molar-refractivity contribution is 6.30. The quantitative estimate of drug-likeness (QED) is 0.285. The van der Waals surface area contributed by atoms with Gasteiger partial charge >= 0.3 is 0 Å². The minimum atomic E-state index is -0.0946. The highest BCUT2D eigenvalue weighted by atomic mass is 35.5. The molecule has 8 nitrogen and oxygen atoms in total. The van der Waals surface area contributed by atoms with E-state index in [1.807, 2.05) is 12.1 Å². The fraction of sp³-hybridized carbons (Fsp3) is 0.727. The Labute approximate surface area is 192 Å². The number of nitrogens with one attached hydrogen (secondary N) is 8. The van der Waals surface area contributed by atoms with Crippen LogP contribution in [0.4, 0.5) is 0 Å². The summed E-state index contributed by atoms with van der Waals surface area (Å²) in [5.41, 5.74) is 1.15. The van der Waals surface area contributed by atoms with Crippen LogP contribution in [-0.4, -0.2) is 96.7 Å². The Morgan fingerprint density at radius 2 is 1.06 bits per heavy atom. The minimum absolute atomic E-state index is 0.00186. The first-order chi connectivity index (χ1) is 15.2. The van der Waals surface area contributed by atoms with Crippen LogP contribution in [-0.2, 0) is 6.54 Å². The Morgan fingerprint density at radius 3 is 1.45 bits per heavy atom. The van der Waals surface area contributed by atoms with Crippen LogP contribution < -0.4 is 42.5 Å². The smallest absolute Gasteiger partial charge is 0.0561 e. The summed E-state index contributed by atoms with van der Waals surface area (Å²) in [6.07, 6.45) is 0. The van der Waals surface area contributed by atoms with E-state index >= 15 is 0 Å². The lowest BCUT2D eigenvalue weighted by atomic mass is 9.97. The molecule has 176 valence electrons. The van der Waals surface area contributed by atoms with Crippen LogP contribution in [0.1, 0.15) is 5.56 Å². The van der Waals surface area contributed by atoms with E-state index in [1.54, 1.807) is 0 Å². The average Bonchev–Trinajstić information content (AvgIpc) is 2.79. The van der Waals surface area contributed by atoms with Crippen LogP contribution in [0.15, 0.2) is 24.3 Å². The topological polar surface area (TPSA) is 96.2 Å². The van der Waals surface area contributed by atoms with Gasteiger partial charge in [0.1, 0.15) is 0 Å². The first-order valence-electron chi connectivity index (χ1n) is 11.6. The van der Waals surface area contributed by atoms with Crippen molar-refractivity contribution in [2.45, 2.75) is 17.6 Å². The van der Waals surface area contributed by atoms with Crippen molar-refractivity contribution < 1.29 is 0 Å². The molecule has 0 saturated carbocycles. The fourth-order valence-electron chi connectivity index (χ4n) is 4.22. The molecule has 3 aliphatic rings. The van der Waals surface area contributed by atoms with Gasteiger partial charge in [-0.3, -0.25) is 0 Å². The van der Waals surface area contributed by atoms with Crippen molar-refractivity contribution in [2.75, 3.05) is 85.6 Å². The van der Waals surface area contributed by atoms with Gasteiger partial charge in [0, 0.05) is 90.1 Å². The zero-order valence-electron chi connectivity index (χ0n) is 18.9. The van der Waals surface area contributed by atoms with E-state index in [1.165, 1.54) is 5.56 Å². The summed E-state index contributed by atoms with van der Waals surface area (Å²) in [5, 5.41) is 30.2. The molecule has 8 N–H and O–H groups in total. The Hall–Kier alpha value is -0.810. The van der Waals surface area contributed by atoms with Crippen LogP contribution in [0.25, 0.3) is 0 Å². The zero-order valence-corrected chi connectivity index (χ0v) is 19.6. The molecule has 0 spiro atoms. The van der Waals surface area contributed by atoms with Gasteiger partial charge in [0.15, 0.2) is 0 Å². The molecule has 2 bridgehead atoms. The van der Waals surface area contributed by atoms with E-state index in [-0.39, 0.29) is 11.1 Å². The third-order valence-corrected chi connectivity index (χ3v) is 6.58. The van der Waals surface area contributed by atoms with Gasteiger partial charge in [0.2, 0.25) is 0 Å². The number of halogens is 1. The number of likely N-dealkylation sites (N-methyl/N-ethyl adjacent to an activating group) is 1. The van der Waals surface area contributed by atoms with Crippen LogP contribution in [0.5, 0.6) is 0 Å². The molecule has 0 aliphatic carbocycles. The minimum Gasteiger partial charge on any atom is -0.314 e. The lowest BCUT2D eigenvalue weighted by Gasteiger charge is -2.38.